The molecule has 18 heavy (non-hydrogen) atoms. The SMILES string of the molecule is NCC1CCN(Cc2nc(-c3cccs3)no2)C1. The normalized spacial score (nSPS) is 20.6. The molecule has 2 N–H and O–H groups in total. The van der Waals surface area contributed by atoms with Gasteiger partial charge in [0.25, 0.3) is 0 Å². The maximum Gasteiger partial charge on any atom is 0.241 e. The first-order valence-electron chi connectivity index (χ1n) is 6.14. The molecule has 2 aromatic heterocycles. The molecule has 1 saturated heterocycles. The fourth-order valence-corrected chi connectivity index (χ4v) is 2.91. The maximum absolute atomic E-state index is 5.68. The van der Waals surface area contributed by atoms with Crippen LogP contribution in [0.25, 0.3) is 10.7 Å². The van der Waals surface area contributed by atoms with Gasteiger partial charge in [-0.25, -0.2) is 0 Å². The Labute approximate surface area is 110 Å². The van der Waals surface area contributed by atoms with Crippen molar-refractivity contribution in [2.45, 2.75) is 13.0 Å². The van der Waals surface area contributed by atoms with Crippen LogP contribution in [0, 0.1) is 5.92 Å². The summed E-state index contributed by atoms with van der Waals surface area (Å²) < 4.78 is 5.29. The molecule has 0 amide bonds. The molecule has 0 radical (unpaired) electrons. The average Bonchev–Trinajstić information content (AvgIpc) is 3.10. The molecule has 0 aromatic carbocycles. The quantitative estimate of drug-likeness (QED) is 0.908. The summed E-state index contributed by atoms with van der Waals surface area (Å²) in [5, 5.41) is 6.02. The molecular weight excluding hydrogens is 248 g/mol. The van der Waals surface area contributed by atoms with Gasteiger partial charge >= 0.3 is 0 Å². The standard InChI is InChI=1S/C12H16N4OS/c13-6-9-3-4-16(7-9)8-11-14-12(15-17-11)10-2-1-5-18-10/h1-2,5,9H,3-4,6-8,13H2. The molecule has 0 aliphatic carbocycles. The Bertz CT molecular complexity index is 496. The lowest BCUT2D eigenvalue weighted by Gasteiger charge is -2.11. The maximum atomic E-state index is 5.68. The van der Waals surface area contributed by atoms with E-state index >= 15 is 0 Å². The molecule has 1 aliphatic rings. The van der Waals surface area contributed by atoms with Gasteiger partial charge in [-0.05, 0) is 36.9 Å². The molecule has 6 heteroatoms. The molecule has 0 spiro atoms. The van der Waals surface area contributed by atoms with Gasteiger partial charge in [0.05, 0.1) is 11.4 Å². The van der Waals surface area contributed by atoms with E-state index < -0.39 is 0 Å². The summed E-state index contributed by atoms with van der Waals surface area (Å²) in [5.74, 6) is 2.00. The summed E-state index contributed by atoms with van der Waals surface area (Å²) in [5.41, 5.74) is 5.68. The fourth-order valence-electron chi connectivity index (χ4n) is 2.27. The Morgan fingerprint density at radius 3 is 3.22 bits per heavy atom. The first-order chi connectivity index (χ1) is 8.85. The summed E-state index contributed by atoms with van der Waals surface area (Å²) in [4.78, 5) is 7.80. The van der Waals surface area contributed by atoms with Crippen LogP contribution in [0.2, 0.25) is 0 Å². The second kappa shape index (κ2) is 5.17. The van der Waals surface area contributed by atoms with Crippen LogP contribution in [0.15, 0.2) is 22.0 Å². The highest BCUT2D eigenvalue weighted by atomic mass is 32.1. The molecular formula is C12H16N4OS. The number of likely N-dealkylation sites (tertiary alicyclic amines) is 1. The van der Waals surface area contributed by atoms with Crippen molar-refractivity contribution < 1.29 is 4.52 Å². The molecule has 3 heterocycles. The molecule has 96 valence electrons. The Balaban J connectivity index is 1.64. The second-order valence-corrected chi connectivity index (χ2v) is 5.56. The van der Waals surface area contributed by atoms with Crippen LogP contribution in [0.4, 0.5) is 0 Å². The second-order valence-electron chi connectivity index (χ2n) is 4.61. The molecule has 5 nitrogen and oxygen atoms in total. The van der Waals surface area contributed by atoms with E-state index in [0.29, 0.717) is 17.6 Å². The van der Waals surface area contributed by atoms with Gasteiger partial charge < -0.3 is 10.3 Å². The predicted octanol–water partition coefficient (Wildman–Crippen LogP) is 1.58. The number of rotatable bonds is 4. The van der Waals surface area contributed by atoms with Crippen molar-refractivity contribution in [2.75, 3.05) is 19.6 Å². The Morgan fingerprint density at radius 1 is 1.56 bits per heavy atom. The van der Waals surface area contributed by atoms with Crippen LogP contribution in [0.1, 0.15) is 12.3 Å². The number of aromatic nitrogens is 2. The largest absolute Gasteiger partial charge is 0.338 e. The summed E-state index contributed by atoms with van der Waals surface area (Å²) in [6.45, 7) is 3.60. The summed E-state index contributed by atoms with van der Waals surface area (Å²) in [6.07, 6.45) is 1.17. The highest BCUT2D eigenvalue weighted by molar-refractivity contribution is 7.13. The summed E-state index contributed by atoms with van der Waals surface area (Å²) in [7, 11) is 0. The minimum atomic E-state index is 0.615. The van der Waals surface area contributed by atoms with Crippen LogP contribution >= 0.6 is 11.3 Å². The lowest BCUT2D eigenvalue weighted by atomic mass is 10.1. The third-order valence-electron chi connectivity index (χ3n) is 3.27. The average molecular weight is 264 g/mol. The molecule has 1 aliphatic heterocycles. The number of hydrogen-bond donors (Lipinski definition) is 1. The van der Waals surface area contributed by atoms with Crippen molar-refractivity contribution in [1.29, 1.82) is 0 Å². The number of hydrogen-bond acceptors (Lipinski definition) is 6. The third-order valence-corrected chi connectivity index (χ3v) is 4.14. The van der Waals surface area contributed by atoms with Crippen molar-refractivity contribution in [1.82, 2.24) is 15.0 Å². The molecule has 0 bridgehead atoms. The van der Waals surface area contributed by atoms with Gasteiger partial charge in [0.2, 0.25) is 11.7 Å². The van der Waals surface area contributed by atoms with E-state index in [4.69, 9.17) is 10.3 Å². The van der Waals surface area contributed by atoms with Crippen LogP contribution < -0.4 is 5.73 Å². The van der Waals surface area contributed by atoms with Gasteiger partial charge in [0.1, 0.15) is 0 Å². The lowest BCUT2D eigenvalue weighted by molar-refractivity contribution is 0.261. The van der Waals surface area contributed by atoms with Crippen molar-refractivity contribution in [2.24, 2.45) is 11.7 Å². The Morgan fingerprint density at radius 2 is 2.50 bits per heavy atom. The lowest BCUT2D eigenvalue weighted by Crippen LogP contribution is -2.22. The topological polar surface area (TPSA) is 68.2 Å². The smallest absolute Gasteiger partial charge is 0.241 e. The van der Waals surface area contributed by atoms with E-state index in [1.165, 1.54) is 6.42 Å². The van der Waals surface area contributed by atoms with E-state index in [2.05, 4.69) is 15.0 Å². The number of nitrogens with zero attached hydrogens (tertiary/aromatic N) is 3. The molecule has 1 fully saturated rings. The van der Waals surface area contributed by atoms with Crippen molar-refractivity contribution in [3.63, 3.8) is 0 Å². The van der Waals surface area contributed by atoms with E-state index in [-0.39, 0.29) is 0 Å². The zero-order chi connectivity index (χ0) is 12.4. The first-order valence-corrected chi connectivity index (χ1v) is 7.02. The molecule has 0 saturated carbocycles. The molecule has 1 unspecified atom stereocenters. The Kier molecular flexibility index (Phi) is 3.40. The molecule has 1 atom stereocenters. The Hall–Kier alpha value is -1.24. The van der Waals surface area contributed by atoms with Gasteiger partial charge in [-0.2, -0.15) is 4.98 Å². The van der Waals surface area contributed by atoms with Gasteiger partial charge in [-0.3, -0.25) is 4.90 Å². The van der Waals surface area contributed by atoms with Gasteiger partial charge in [0.15, 0.2) is 0 Å². The molecule has 2 aromatic rings. The van der Waals surface area contributed by atoms with Crippen molar-refractivity contribution in [3.05, 3.63) is 23.4 Å². The zero-order valence-electron chi connectivity index (χ0n) is 10.1. The minimum Gasteiger partial charge on any atom is -0.338 e. The number of thiophene rings is 1. The van der Waals surface area contributed by atoms with Crippen LogP contribution in [-0.4, -0.2) is 34.7 Å². The van der Waals surface area contributed by atoms with E-state index in [1.54, 1.807) is 11.3 Å². The summed E-state index contributed by atoms with van der Waals surface area (Å²) >= 11 is 1.62. The highest BCUT2D eigenvalue weighted by Gasteiger charge is 2.23. The fraction of sp³-hybridized carbons (Fsp3) is 0.500. The first kappa shape index (κ1) is 11.8. The van der Waals surface area contributed by atoms with Crippen molar-refractivity contribution >= 4 is 11.3 Å². The van der Waals surface area contributed by atoms with Crippen LogP contribution in [-0.2, 0) is 6.54 Å². The monoisotopic (exact) mass is 264 g/mol. The van der Waals surface area contributed by atoms with Gasteiger partial charge in [0, 0.05) is 6.54 Å². The molecule has 3 rings (SSSR count). The summed E-state index contributed by atoms with van der Waals surface area (Å²) in [6, 6.07) is 3.99. The van der Waals surface area contributed by atoms with E-state index in [0.717, 1.165) is 31.1 Å². The third kappa shape index (κ3) is 2.45. The highest BCUT2D eigenvalue weighted by Crippen LogP contribution is 2.22. The predicted molar refractivity (Wildman–Crippen MR) is 70.0 cm³/mol. The van der Waals surface area contributed by atoms with Gasteiger partial charge in [-0.1, -0.05) is 11.2 Å². The number of nitrogens with two attached hydrogens (primary N) is 1. The van der Waals surface area contributed by atoms with E-state index in [9.17, 15) is 0 Å². The van der Waals surface area contributed by atoms with Crippen LogP contribution in [0.5, 0.6) is 0 Å². The zero-order valence-corrected chi connectivity index (χ0v) is 10.9. The van der Waals surface area contributed by atoms with E-state index in [1.807, 2.05) is 17.5 Å². The van der Waals surface area contributed by atoms with Gasteiger partial charge in [-0.15, -0.1) is 11.3 Å². The minimum absolute atomic E-state index is 0.615. The van der Waals surface area contributed by atoms with Crippen molar-refractivity contribution in [3.8, 4) is 10.7 Å². The van der Waals surface area contributed by atoms with Crippen LogP contribution in [0.3, 0.4) is 0 Å².